The number of pyridine rings is 2. The topological polar surface area (TPSA) is 173 Å². The maximum atomic E-state index is 13.2. The smallest absolute Gasteiger partial charge is 0.401 e. The first kappa shape index (κ1) is 39.2. The summed E-state index contributed by atoms with van der Waals surface area (Å²) in [4.78, 5) is 28.2. The van der Waals surface area contributed by atoms with E-state index in [0.717, 1.165) is 24.8 Å². The molecule has 6 heterocycles. The lowest BCUT2D eigenvalue weighted by molar-refractivity contribution is -0.362. The van der Waals surface area contributed by atoms with Crippen molar-refractivity contribution < 1.29 is 35.8 Å². The summed E-state index contributed by atoms with van der Waals surface area (Å²) in [6.45, 7) is 6.32. The van der Waals surface area contributed by atoms with Gasteiger partial charge in [-0.1, -0.05) is 4.98 Å². The molecule has 0 aromatic carbocycles. The van der Waals surface area contributed by atoms with E-state index in [0.29, 0.717) is 110 Å². The van der Waals surface area contributed by atoms with Crippen molar-refractivity contribution in [2.45, 2.75) is 50.6 Å². The number of hydrogen-bond acceptors (Lipinski definition) is 14. The Bertz CT molecular complexity index is 2120. The first-order valence-corrected chi connectivity index (χ1v) is 20.2. The Kier molecular flexibility index (Phi) is 11.4. The van der Waals surface area contributed by atoms with Crippen LogP contribution >= 0.6 is 0 Å². The number of hydrogen-bond donors (Lipinski definition) is 1. The molecule has 4 aromatic rings. The molecule has 0 atom stereocenters. The zero-order valence-corrected chi connectivity index (χ0v) is 32.0. The minimum atomic E-state index is -4.21. The van der Waals surface area contributed by atoms with E-state index in [-0.39, 0.29) is 24.6 Å². The predicted octanol–water partition coefficient (Wildman–Crippen LogP) is 3.28. The molecule has 0 radical (unpaired) electrons. The Balaban J connectivity index is 1.04. The number of piperazine rings is 1. The molecule has 3 fully saturated rings. The molecule has 2 aliphatic heterocycles. The van der Waals surface area contributed by atoms with Crippen LogP contribution in [0.5, 0.6) is 5.88 Å². The van der Waals surface area contributed by atoms with Gasteiger partial charge in [0, 0.05) is 58.1 Å². The van der Waals surface area contributed by atoms with Crippen LogP contribution in [0, 0.1) is 5.21 Å². The fourth-order valence-corrected chi connectivity index (χ4v) is 8.10. The first-order chi connectivity index (χ1) is 26.7. The fraction of sp³-hybridized carbons (Fsp3) is 0.543. The van der Waals surface area contributed by atoms with E-state index in [1.807, 2.05) is 11.0 Å². The minimum absolute atomic E-state index is 0.0356. The largest absolute Gasteiger partial charge is 0.741 e. The van der Waals surface area contributed by atoms with E-state index >= 15 is 0 Å². The third-order valence-corrected chi connectivity index (χ3v) is 11.4. The monoisotopic (exact) mass is 802 g/mol. The van der Waals surface area contributed by atoms with Crippen molar-refractivity contribution >= 4 is 56.7 Å². The molecule has 0 unspecified atom stereocenters. The van der Waals surface area contributed by atoms with Crippen LogP contribution in [0.2, 0.25) is 0 Å². The molecule has 17 nitrogen and oxygen atoms in total. The normalized spacial score (nSPS) is 19.9. The fourth-order valence-electron chi connectivity index (χ4n) is 7.25. The maximum absolute atomic E-state index is 13.2. The average Bonchev–Trinajstić information content (AvgIpc) is 3.54. The Labute approximate surface area is 322 Å². The van der Waals surface area contributed by atoms with Crippen LogP contribution in [0.3, 0.4) is 0 Å². The lowest BCUT2D eigenvalue weighted by atomic mass is 9.93. The third kappa shape index (κ3) is 9.32. The van der Waals surface area contributed by atoms with Gasteiger partial charge in [-0.2, -0.15) is 18.2 Å². The Morgan fingerprint density at radius 1 is 0.982 bits per heavy atom. The van der Waals surface area contributed by atoms with Gasteiger partial charge in [0.15, 0.2) is 0 Å². The minimum Gasteiger partial charge on any atom is -0.741 e. The highest BCUT2D eigenvalue weighted by atomic mass is 32.2. The summed E-state index contributed by atoms with van der Waals surface area (Å²) in [5, 5.41) is 15.8. The summed E-state index contributed by atoms with van der Waals surface area (Å²) in [7, 11) is -2.21. The van der Waals surface area contributed by atoms with E-state index in [1.165, 1.54) is 26.2 Å². The third-order valence-electron chi connectivity index (χ3n) is 10.3. The molecule has 4 aromatic heterocycles. The lowest BCUT2D eigenvalue weighted by Crippen LogP contribution is -2.49. The van der Waals surface area contributed by atoms with Crippen LogP contribution < -0.4 is 24.2 Å². The summed E-state index contributed by atoms with van der Waals surface area (Å²) >= 11 is 0. The molecule has 1 saturated carbocycles. The highest BCUT2D eigenvalue weighted by Crippen LogP contribution is 2.35. The molecule has 7 rings (SSSR count). The Morgan fingerprint density at radius 3 is 2.30 bits per heavy atom. The molecule has 302 valence electrons. The van der Waals surface area contributed by atoms with Gasteiger partial charge in [0.05, 0.1) is 80.5 Å². The number of alkyl halides is 3. The molecule has 1 N–H and O–H groups in total. The van der Waals surface area contributed by atoms with Gasteiger partial charge in [-0.25, -0.2) is 23.0 Å². The van der Waals surface area contributed by atoms with Gasteiger partial charge in [0.25, 0.3) is 0 Å². The second-order valence-electron chi connectivity index (χ2n) is 14.3. The number of fused-ring (bicyclic) bond motifs is 1. The number of imidazole rings is 1. The van der Waals surface area contributed by atoms with E-state index < -0.39 is 22.7 Å². The van der Waals surface area contributed by atoms with Crippen LogP contribution in [-0.2, 0) is 28.4 Å². The highest BCUT2D eigenvalue weighted by Gasteiger charge is 2.33. The predicted molar refractivity (Wildman–Crippen MR) is 204 cm³/mol. The average molecular weight is 803 g/mol. The van der Waals surface area contributed by atoms with Gasteiger partial charge in [-0.3, -0.25) is 18.9 Å². The molecular formula is C35H45F3N12O5S. The lowest BCUT2D eigenvalue weighted by Gasteiger charge is -2.36. The number of aromatic nitrogens is 6. The molecular weight excluding hydrogens is 758 g/mol. The van der Waals surface area contributed by atoms with Crippen LogP contribution in [-0.4, -0.2) is 138 Å². The number of anilines is 4. The number of ether oxygens (including phenoxy) is 2. The van der Waals surface area contributed by atoms with Crippen LogP contribution in [0.15, 0.2) is 36.9 Å². The van der Waals surface area contributed by atoms with Crippen molar-refractivity contribution in [3.05, 3.63) is 47.8 Å². The first-order valence-electron chi connectivity index (χ1n) is 18.4. The standard InChI is InChI=1S/C35H45F3N12O5S/c1-45-27(21-42-34(45)46(2)51)22-50(56(3,52)53)25-16-29-30(39-18-25)17-31(49-12-14-54-15-13-49)44-32(29)55-28-6-4-24(5-7-28)43-33-40-19-26(20-41-33)48-10-8-47(9-11-48)23-35(36,37)38/h16-21,24,28H,2,4-15,22-23H2,1,3H3,(H,40,41,43)/t24-,28+. The van der Waals surface area contributed by atoms with Crippen LogP contribution in [0.1, 0.15) is 31.4 Å². The second kappa shape index (κ2) is 16.2. The summed E-state index contributed by atoms with van der Waals surface area (Å²) < 4.78 is 79.9. The van der Waals surface area contributed by atoms with Gasteiger partial charge in [-0.05, 0) is 31.7 Å². The van der Waals surface area contributed by atoms with Crippen molar-refractivity contribution in [1.29, 1.82) is 0 Å². The van der Waals surface area contributed by atoms with Crippen LogP contribution in [0.4, 0.5) is 42.3 Å². The highest BCUT2D eigenvalue weighted by molar-refractivity contribution is 7.92. The van der Waals surface area contributed by atoms with Crippen molar-refractivity contribution in [3.63, 3.8) is 0 Å². The SMILES string of the molecule is C=[N+]([O-])c1ncc(CN(c2cnc3cc(N4CCOCC4)nc(O[C@H]4CC[C@@H](Nc5ncc(N6CCN(CC(F)(F)F)CC6)cn5)CC4)c3c2)S(C)(=O)=O)n1C. The summed E-state index contributed by atoms with van der Waals surface area (Å²) in [6, 6.07) is 3.67. The molecule has 0 bridgehead atoms. The number of sulfonamides is 1. The zero-order valence-electron chi connectivity index (χ0n) is 31.2. The van der Waals surface area contributed by atoms with Gasteiger partial charge < -0.3 is 29.8 Å². The van der Waals surface area contributed by atoms with Crippen LogP contribution in [0.25, 0.3) is 10.9 Å². The Hall–Kier alpha value is -5.02. The number of halogens is 3. The number of rotatable bonds is 12. The molecule has 2 saturated heterocycles. The second-order valence-corrected chi connectivity index (χ2v) is 16.2. The molecule has 21 heteroatoms. The van der Waals surface area contributed by atoms with E-state index in [9.17, 15) is 26.8 Å². The van der Waals surface area contributed by atoms with E-state index in [2.05, 4.69) is 36.9 Å². The zero-order chi connectivity index (χ0) is 39.6. The quantitative estimate of drug-likeness (QED) is 0.0957. The molecule has 0 amide bonds. The number of morpholine rings is 1. The number of nitrogens with one attached hydrogen (secondary N) is 1. The molecule has 3 aliphatic rings. The van der Waals surface area contributed by atoms with Crippen molar-refractivity contribution in [2.24, 2.45) is 7.05 Å². The van der Waals surface area contributed by atoms with Gasteiger partial charge in [0.1, 0.15) is 23.8 Å². The number of nitrogens with zero attached hydrogens (tertiary/aromatic N) is 11. The van der Waals surface area contributed by atoms with E-state index in [4.69, 9.17) is 14.5 Å². The van der Waals surface area contributed by atoms with Crippen molar-refractivity contribution in [2.75, 3.05) is 84.7 Å². The van der Waals surface area contributed by atoms with Gasteiger partial charge >= 0.3 is 12.1 Å². The maximum Gasteiger partial charge on any atom is 0.401 e. The molecule has 0 spiro atoms. The molecule has 1 aliphatic carbocycles. The van der Waals surface area contributed by atoms with Gasteiger partial charge in [-0.15, -0.1) is 0 Å². The van der Waals surface area contributed by atoms with E-state index in [1.54, 1.807) is 25.5 Å². The van der Waals surface area contributed by atoms with Gasteiger partial charge in [0.2, 0.25) is 21.9 Å². The summed E-state index contributed by atoms with van der Waals surface area (Å²) in [5.74, 6) is 1.55. The summed E-state index contributed by atoms with van der Waals surface area (Å²) in [5.41, 5.74) is 2.13. The van der Waals surface area contributed by atoms with Crippen molar-refractivity contribution in [1.82, 2.24) is 34.4 Å². The van der Waals surface area contributed by atoms with Crippen molar-refractivity contribution in [3.8, 4) is 5.88 Å². The molecule has 56 heavy (non-hydrogen) atoms. The summed E-state index contributed by atoms with van der Waals surface area (Å²) in [6.07, 6.45) is 6.00. The Morgan fingerprint density at radius 2 is 1.68 bits per heavy atom.